The molecule has 59 heavy (non-hydrogen) atoms. The van der Waals surface area contributed by atoms with E-state index in [4.69, 9.17) is 19.0 Å². The predicted octanol–water partition coefficient (Wildman–Crippen LogP) is 13.0. The molecule has 0 aliphatic heterocycles. The first-order valence-electron chi connectivity index (χ1n) is 19.3. The van der Waals surface area contributed by atoms with E-state index in [-0.39, 0.29) is 0 Å². The highest BCUT2D eigenvalue weighted by Crippen LogP contribution is 2.38. The van der Waals surface area contributed by atoms with Crippen molar-refractivity contribution in [2.45, 2.75) is 0 Å². The molecule has 11 rings (SSSR count). The summed E-state index contributed by atoms with van der Waals surface area (Å²) in [6.45, 7) is 0. The molecule has 0 fully saturated rings. The van der Waals surface area contributed by atoms with Gasteiger partial charge in [-0.15, -0.1) is 10.2 Å². The van der Waals surface area contributed by atoms with E-state index in [9.17, 15) is 0 Å². The molecule has 0 unspecified atom stereocenters. The fourth-order valence-corrected chi connectivity index (χ4v) is 7.44. The maximum Gasteiger partial charge on any atom is 0.227 e. The van der Waals surface area contributed by atoms with Gasteiger partial charge >= 0.3 is 0 Å². The first kappa shape index (κ1) is 34.0. The van der Waals surface area contributed by atoms with Crippen LogP contribution < -0.4 is 9.80 Å². The average molecular weight is 764 g/mol. The number of hydrogen-bond donors (Lipinski definition) is 0. The second kappa shape index (κ2) is 14.3. The average Bonchev–Trinajstić information content (AvgIpc) is 4.05. The lowest BCUT2D eigenvalue weighted by molar-refractivity contribution is 0.619. The summed E-state index contributed by atoms with van der Waals surface area (Å²) in [5.74, 6) is 1.19. The van der Waals surface area contributed by atoms with Crippen LogP contribution in [-0.4, -0.2) is 25.0 Å². The molecule has 3 heterocycles. The van der Waals surface area contributed by atoms with Gasteiger partial charge in [0.15, 0.2) is 11.2 Å². The van der Waals surface area contributed by atoms with E-state index >= 15 is 0 Å². The van der Waals surface area contributed by atoms with Crippen LogP contribution in [0.3, 0.4) is 0 Å². The zero-order chi connectivity index (χ0) is 39.1. The van der Waals surface area contributed by atoms with Crippen molar-refractivity contribution in [3.05, 3.63) is 200 Å². The molecule has 0 N–H and O–H groups in total. The predicted molar refractivity (Wildman–Crippen MR) is 234 cm³/mol. The summed E-state index contributed by atoms with van der Waals surface area (Å²) in [4.78, 5) is 15.5. The standard InChI is InChI=1S/C50H33N7O2/c1-3-11-36(12-4-1)55(38-23-19-34(20-24-38)49-51-44-15-7-9-17-47(44)58-49)40-27-29-41(30-28-40)57-53-43-32-31-42(33-46(43)54-57)56(37-13-5-2-6-14-37)39-25-21-35(22-26-39)50-52-45-16-8-10-18-48(45)59-50/h1-33H. The molecule has 0 amide bonds. The lowest BCUT2D eigenvalue weighted by Gasteiger charge is -2.25. The van der Waals surface area contributed by atoms with Crippen molar-refractivity contribution in [2.24, 2.45) is 0 Å². The third kappa shape index (κ3) is 6.42. The van der Waals surface area contributed by atoms with E-state index in [1.165, 1.54) is 0 Å². The molecule has 0 saturated carbocycles. The van der Waals surface area contributed by atoms with Crippen molar-refractivity contribution in [1.29, 1.82) is 0 Å². The van der Waals surface area contributed by atoms with Crippen molar-refractivity contribution in [3.63, 3.8) is 0 Å². The highest BCUT2D eigenvalue weighted by atomic mass is 16.4. The van der Waals surface area contributed by atoms with Crippen molar-refractivity contribution in [1.82, 2.24) is 25.0 Å². The quantitative estimate of drug-likeness (QED) is 0.144. The highest BCUT2D eigenvalue weighted by Gasteiger charge is 2.18. The number of oxazole rings is 2. The summed E-state index contributed by atoms with van der Waals surface area (Å²) < 4.78 is 12.1. The Hall–Kier alpha value is -8.30. The normalized spacial score (nSPS) is 11.4. The number of hydrogen-bond acceptors (Lipinski definition) is 8. The third-order valence-corrected chi connectivity index (χ3v) is 10.3. The number of aromatic nitrogens is 5. The topological polar surface area (TPSA) is 89.3 Å². The molecule has 11 aromatic rings. The Bertz CT molecular complexity index is 3150. The maximum absolute atomic E-state index is 6.05. The monoisotopic (exact) mass is 763 g/mol. The van der Waals surface area contributed by atoms with Gasteiger partial charge in [0.1, 0.15) is 22.1 Å². The van der Waals surface area contributed by atoms with Gasteiger partial charge in [-0.25, -0.2) is 9.97 Å². The number of nitrogens with zero attached hydrogens (tertiary/aromatic N) is 7. The summed E-state index contributed by atoms with van der Waals surface area (Å²) in [6, 6.07) is 67.3. The first-order valence-corrected chi connectivity index (χ1v) is 19.3. The minimum absolute atomic E-state index is 0.592. The molecule has 0 aliphatic carbocycles. The van der Waals surface area contributed by atoms with E-state index in [0.29, 0.717) is 11.8 Å². The molecule has 8 aromatic carbocycles. The number of benzene rings is 8. The molecular formula is C50H33N7O2. The smallest absolute Gasteiger partial charge is 0.227 e. The molecule has 280 valence electrons. The summed E-state index contributed by atoms with van der Waals surface area (Å²) in [6.07, 6.45) is 0. The SMILES string of the molecule is c1ccc(N(c2ccc(-c3nc4ccccc4o3)cc2)c2ccc(-n3nc4ccc(N(c5ccccc5)c5ccc(-c6nc7ccccc7o6)cc5)cc4n3)cc2)cc1. The van der Waals surface area contributed by atoms with Gasteiger partial charge in [-0.05, 0) is 140 Å². The number of fused-ring (bicyclic) bond motifs is 3. The molecule has 9 nitrogen and oxygen atoms in total. The Labute approximate surface area is 338 Å². The highest BCUT2D eigenvalue weighted by molar-refractivity contribution is 5.86. The zero-order valence-electron chi connectivity index (χ0n) is 31.5. The Morgan fingerprint density at radius 1 is 0.339 bits per heavy atom. The Morgan fingerprint density at radius 3 is 1.25 bits per heavy atom. The lowest BCUT2D eigenvalue weighted by Crippen LogP contribution is -2.10. The van der Waals surface area contributed by atoms with Gasteiger partial charge in [0, 0.05) is 45.3 Å². The van der Waals surface area contributed by atoms with Crippen LogP contribution in [0.15, 0.2) is 209 Å². The molecule has 0 bridgehead atoms. The minimum Gasteiger partial charge on any atom is -0.436 e. The molecule has 0 aliphatic rings. The molecule has 9 heteroatoms. The minimum atomic E-state index is 0.592. The fraction of sp³-hybridized carbons (Fsp3) is 0. The van der Waals surface area contributed by atoms with Gasteiger partial charge < -0.3 is 18.6 Å². The zero-order valence-corrected chi connectivity index (χ0v) is 31.5. The largest absolute Gasteiger partial charge is 0.436 e. The second-order valence-electron chi connectivity index (χ2n) is 14.1. The van der Waals surface area contributed by atoms with Crippen molar-refractivity contribution in [3.8, 4) is 28.6 Å². The number of para-hydroxylation sites is 6. The van der Waals surface area contributed by atoms with Crippen LogP contribution in [0.1, 0.15) is 0 Å². The van der Waals surface area contributed by atoms with Crippen LogP contribution >= 0.6 is 0 Å². The van der Waals surface area contributed by atoms with Crippen LogP contribution in [0.25, 0.3) is 61.8 Å². The first-order chi connectivity index (χ1) is 29.2. The van der Waals surface area contributed by atoms with Crippen LogP contribution in [0.2, 0.25) is 0 Å². The summed E-state index contributed by atoms with van der Waals surface area (Å²) in [7, 11) is 0. The molecule has 0 spiro atoms. The van der Waals surface area contributed by atoms with Crippen LogP contribution in [-0.2, 0) is 0 Å². The van der Waals surface area contributed by atoms with Crippen molar-refractivity contribution < 1.29 is 8.83 Å². The third-order valence-electron chi connectivity index (χ3n) is 10.3. The van der Waals surface area contributed by atoms with E-state index < -0.39 is 0 Å². The fourth-order valence-electron chi connectivity index (χ4n) is 7.44. The van der Waals surface area contributed by atoms with E-state index in [0.717, 1.165) is 84.2 Å². The molecule has 0 atom stereocenters. The van der Waals surface area contributed by atoms with E-state index in [2.05, 4.69) is 92.6 Å². The van der Waals surface area contributed by atoms with Crippen molar-refractivity contribution in [2.75, 3.05) is 9.80 Å². The van der Waals surface area contributed by atoms with E-state index in [1.54, 1.807) is 4.80 Å². The Morgan fingerprint density at radius 2 is 0.746 bits per heavy atom. The van der Waals surface area contributed by atoms with Gasteiger partial charge in [-0.3, -0.25) is 0 Å². The Kier molecular flexibility index (Phi) is 8.25. The van der Waals surface area contributed by atoms with Crippen LogP contribution in [0.5, 0.6) is 0 Å². The molecule has 0 saturated heterocycles. The molecule has 3 aromatic heterocycles. The number of anilines is 6. The lowest BCUT2D eigenvalue weighted by atomic mass is 10.1. The summed E-state index contributed by atoms with van der Waals surface area (Å²) >= 11 is 0. The molecule has 0 radical (unpaired) electrons. The van der Waals surface area contributed by atoms with Gasteiger partial charge in [-0.2, -0.15) is 4.80 Å². The maximum atomic E-state index is 6.05. The summed E-state index contributed by atoms with van der Waals surface area (Å²) in [5.41, 5.74) is 13.5. The second-order valence-corrected chi connectivity index (χ2v) is 14.1. The molecular weight excluding hydrogens is 731 g/mol. The van der Waals surface area contributed by atoms with Crippen molar-refractivity contribution >= 4 is 67.4 Å². The van der Waals surface area contributed by atoms with Crippen LogP contribution in [0.4, 0.5) is 34.1 Å². The van der Waals surface area contributed by atoms with Gasteiger partial charge in [-0.1, -0.05) is 60.7 Å². The van der Waals surface area contributed by atoms with Gasteiger partial charge in [0.2, 0.25) is 11.8 Å². The van der Waals surface area contributed by atoms with Crippen LogP contribution in [0, 0.1) is 0 Å². The van der Waals surface area contributed by atoms with Gasteiger partial charge in [0.25, 0.3) is 0 Å². The number of rotatable bonds is 9. The van der Waals surface area contributed by atoms with Gasteiger partial charge in [0.05, 0.1) is 5.69 Å². The Balaban J connectivity index is 0.892. The van der Waals surface area contributed by atoms with E-state index in [1.807, 2.05) is 127 Å². The summed E-state index contributed by atoms with van der Waals surface area (Å²) in [5, 5.41) is 9.84.